The number of benzene rings is 3. The fraction of sp³-hybridized carbons (Fsp3) is 0.167. The lowest BCUT2D eigenvalue weighted by molar-refractivity contribution is -0.116. The smallest absolute Gasteiger partial charge is 0.253 e. The second-order valence-electron chi connectivity index (χ2n) is 7.08. The van der Waals surface area contributed by atoms with Crippen LogP contribution in [0.4, 0.5) is 22.7 Å². The number of nitrogens with zero attached hydrogens (tertiary/aromatic N) is 4. The summed E-state index contributed by atoms with van der Waals surface area (Å²) in [6.07, 6.45) is 0.439. The summed E-state index contributed by atoms with van der Waals surface area (Å²) in [6.45, 7) is 5.84. The molecule has 30 heavy (non-hydrogen) atoms. The van der Waals surface area contributed by atoms with E-state index in [1.807, 2.05) is 93.6 Å². The Kier molecular flexibility index (Phi) is 6.70. The van der Waals surface area contributed by atoms with Gasteiger partial charge in [-0.1, -0.05) is 36.4 Å². The first-order valence-corrected chi connectivity index (χ1v) is 9.69. The van der Waals surface area contributed by atoms with E-state index in [0.29, 0.717) is 6.42 Å². The molecule has 152 valence electrons. The van der Waals surface area contributed by atoms with Crippen molar-refractivity contribution in [3.63, 3.8) is 0 Å². The molecular weight excluding hydrogens is 374 g/mol. The number of hydrazone groups is 1. The first-order valence-electron chi connectivity index (χ1n) is 9.69. The van der Waals surface area contributed by atoms with Crippen molar-refractivity contribution < 1.29 is 4.79 Å². The number of hydrogen-bond donors (Lipinski definition) is 1. The fourth-order valence-corrected chi connectivity index (χ4v) is 2.84. The van der Waals surface area contributed by atoms with Crippen molar-refractivity contribution in [2.24, 2.45) is 15.3 Å². The minimum atomic E-state index is 0.0451. The van der Waals surface area contributed by atoms with Gasteiger partial charge < -0.3 is 5.73 Å². The minimum absolute atomic E-state index is 0.0451. The Bertz CT molecular complexity index is 1090. The van der Waals surface area contributed by atoms with Crippen LogP contribution >= 0.6 is 0 Å². The molecule has 0 atom stereocenters. The van der Waals surface area contributed by atoms with Crippen LogP contribution in [0.3, 0.4) is 0 Å². The van der Waals surface area contributed by atoms with E-state index in [9.17, 15) is 4.79 Å². The standard InChI is InChI=1S/C14H15N3.C10H10N2O/c1-10-5-3-4-6-14(10)17-16-12-7-8-13(15)11(2)9-12;1-8-7-10(13)12(11-8)9-5-3-2-4-6-9/h3-9H,15H2,1-2H3;2-6H,7H2,1H3. The Hall–Kier alpha value is -3.80. The summed E-state index contributed by atoms with van der Waals surface area (Å²) in [5.41, 5.74) is 12.1. The summed E-state index contributed by atoms with van der Waals surface area (Å²) in [6, 6.07) is 23.0. The van der Waals surface area contributed by atoms with Crippen molar-refractivity contribution in [1.29, 1.82) is 0 Å². The first kappa shape index (κ1) is 20.9. The molecule has 6 heteroatoms. The second-order valence-corrected chi connectivity index (χ2v) is 7.08. The number of carbonyl (C=O) groups is 1. The van der Waals surface area contributed by atoms with E-state index in [1.54, 1.807) is 0 Å². The number of para-hydroxylation sites is 1. The molecule has 1 aliphatic heterocycles. The van der Waals surface area contributed by atoms with Crippen LogP contribution in [0.5, 0.6) is 0 Å². The van der Waals surface area contributed by atoms with Gasteiger partial charge in [-0.05, 0) is 68.3 Å². The van der Waals surface area contributed by atoms with E-state index in [-0.39, 0.29) is 5.91 Å². The largest absolute Gasteiger partial charge is 0.399 e. The zero-order chi connectivity index (χ0) is 21.5. The summed E-state index contributed by atoms with van der Waals surface area (Å²) in [4.78, 5) is 11.4. The quantitative estimate of drug-likeness (QED) is 0.426. The average Bonchev–Trinajstić information content (AvgIpc) is 3.09. The predicted octanol–water partition coefficient (Wildman–Crippen LogP) is 6.10. The number of rotatable bonds is 3. The Morgan fingerprint density at radius 3 is 2.20 bits per heavy atom. The SMILES string of the molecule is CC1=NN(c2ccccc2)C(=O)C1.Cc1cc(N=Nc2ccccc2C)ccc1N. The van der Waals surface area contributed by atoms with E-state index in [4.69, 9.17) is 5.73 Å². The number of carbonyl (C=O) groups excluding carboxylic acids is 1. The van der Waals surface area contributed by atoms with E-state index < -0.39 is 0 Å². The lowest BCUT2D eigenvalue weighted by Crippen LogP contribution is -2.19. The number of hydrogen-bond acceptors (Lipinski definition) is 5. The lowest BCUT2D eigenvalue weighted by atomic mass is 10.2. The average molecular weight is 399 g/mol. The van der Waals surface area contributed by atoms with Gasteiger partial charge in [-0.25, -0.2) is 5.01 Å². The van der Waals surface area contributed by atoms with Gasteiger partial charge in [0.2, 0.25) is 0 Å². The molecule has 0 aliphatic carbocycles. The maximum atomic E-state index is 11.4. The van der Waals surface area contributed by atoms with Crippen LogP contribution in [0.25, 0.3) is 0 Å². The highest BCUT2D eigenvalue weighted by Crippen LogP contribution is 2.24. The fourth-order valence-electron chi connectivity index (χ4n) is 2.84. The zero-order valence-electron chi connectivity index (χ0n) is 17.4. The molecule has 2 N–H and O–H groups in total. The summed E-state index contributed by atoms with van der Waals surface area (Å²) < 4.78 is 0. The summed E-state index contributed by atoms with van der Waals surface area (Å²) in [5.74, 6) is 0.0451. The molecule has 6 nitrogen and oxygen atoms in total. The molecule has 3 aromatic rings. The number of aryl methyl sites for hydroxylation is 2. The highest BCUT2D eigenvalue weighted by molar-refractivity contribution is 6.12. The summed E-state index contributed by atoms with van der Waals surface area (Å²) in [5, 5.41) is 14.0. The Balaban J connectivity index is 0.000000177. The molecule has 3 aromatic carbocycles. The van der Waals surface area contributed by atoms with Crippen LogP contribution in [0.15, 0.2) is 88.1 Å². The van der Waals surface area contributed by atoms with Gasteiger partial charge >= 0.3 is 0 Å². The van der Waals surface area contributed by atoms with Gasteiger partial charge in [-0.2, -0.15) is 15.3 Å². The molecule has 0 saturated heterocycles. The maximum Gasteiger partial charge on any atom is 0.253 e. The van der Waals surface area contributed by atoms with E-state index in [2.05, 4.69) is 15.3 Å². The van der Waals surface area contributed by atoms with E-state index >= 15 is 0 Å². The van der Waals surface area contributed by atoms with Crippen LogP contribution in [-0.4, -0.2) is 11.6 Å². The third-order valence-electron chi connectivity index (χ3n) is 4.56. The number of nitrogen functional groups attached to an aromatic ring is 1. The topological polar surface area (TPSA) is 83.4 Å². The molecule has 4 rings (SSSR count). The number of amides is 1. The zero-order valence-corrected chi connectivity index (χ0v) is 17.4. The van der Waals surface area contributed by atoms with Gasteiger partial charge in [0.25, 0.3) is 5.91 Å². The molecular formula is C24H25N5O. The van der Waals surface area contributed by atoms with Gasteiger partial charge in [-0.3, -0.25) is 4.79 Å². The monoisotopic (exact) mass is 399 g/mol. The highest BCUT2D eigenvalue weighted by atomic mass is 16.2. The Labute approximate surface area is 176 Å². The molecule has 1 aliphatic rings. The van der Waals surface area contributed by atoms with Gasteiger partial charge in [0.05, 0.1) is 23.5 Å². The molecule has 0 radical (unpaired) electrons. The van der Waals surface area contributed by atoms with Crippen molar-refractivity contribution in [2.75, 3.05) is 10.7 Å². The van der Waals surface area contributed by atoms with E-state index in [0.717, 1.165) is 39.6 Å². The molecule has 0 bridgehead atoms. The van der Waals surface area contributed by atoms with Gasteiger partial charge in [-0.15, -0.1) is 0 Å². The summed E-state index contributed by atoms with van der Waals surface area (Å²) >= 11 is 0. The van der Waals surface area contributed by atoms with Crippen LogP contribution in [0, 0.1) is 13.8 Å². The van der Waals surface area contributed by atoms with E-state index in [1.165, 1.54) is 5.01 Å². The molecule has 0 spiro atoms. The van der Waals surface area contributed by atoms with Gasteiger partial charge in [0.15, 0.2) is 0 Å². The second kappa shape index (κ2) is 9.60. The third-order valence-corrected chi connectivity index (χ3v) is 4.56. The summed E-state index contributed by atoms with van der Waals surface area (Å²) in [7, 11) is 0. The molecule has 0 unspecified atom stereocenters. The van der Waals surface area contributed by atoms with Crippen LogP contribution in [0.2, 0.25) is 0 Å². The van der Waals surface area contributed by atoms with Crippen molar-refractivity contribution >= 4 is 34.4 Å². The molecule has 1 heterocycles. The molecule has 0 saturated carbocycles. The van der Waals surface area contributed by atoms with Gasteiger partial charge in [0.1, 0.15) is 0 Å². The highest BCUT2D eigenvalue weighted by Gasteiger charge is 2.21. The van der Waals surface area contributed by atoms with Gasteiger partial charge in [0, 0.05) is 11.4 Å². The van der Waals surface area contributed by atoms with Crippen molar-refractivity contribution in [3.05, 3.63) is 83.9 Å². The minimum Gasteiger partial charge on any atom is -0.399 e. The normalized spacial score (nSPS) is 13.2. The van der Waals surface area contributed by atoms with Crippen molar-refractivity contribution in [2.45, 2.75) is 27.2 Å². The van der Waals surface area contributed by atoms with Crippen molar-refractivity contribution in [3.8, 4) is 0 Å². The Morgan fingerprint density at radius 2 is 1.57 bits per heavy atom. The molecule has 1 amide bonds. The Morgan fingerprint density at radius 1 is 0.867 bits per heavy atom. The number of anilines is 2. The maximum absolute atomic E-state index is 11.4. The number of azo groups is 1. The van der Waals surface area contributed by atoms with Crippen LogP contribution < -0.4 is 10.7 Å². The van der Waals surface area contributed by atoms with Crippen LogP contribution in [-0.2, 0) is 4.79 Å². The number of nitrogens with two attached hydrogens (primary N) is 1. The van der Waals surface area contributed by atoms with Crippen LogP contribution in [0.1, 0.15) is 24.5 Å². The molecule has 0 aromatic heterocycles. The third kappa shape index (κ3) is 5.38. The first-order chi connectivity index (χ1) is 14.4. The predicted molar refractivity (Wildman–Crippen MR) is 123 cm³/mol. The molecule has 0 fully saturated rings. The van der Waals surface area contributed by atoms with Crippen molar-refractivity contribution in [1.82, 2.24) is 0 Å². The lowest BCUT2D eigenvalue weighted by Gasteiger charge is -2.10.